The highest BCUT2D eigenvalue weighted by molar-refractivity contribution is 5.41. The lowest BCUT2D eigenvalue weighted by Gasteiger charge is -2.29. The van der Waals surface area contributed by atoms with Gasteiger partial charge in [0.25, 0.3) is 11.1 Å². The summed E-state index contributed by atoms with van der Waals surface area (Å²) in [5.41, 5.74) is -1.69. The molecule has 2 aliphatic heterocycles. The lowest BCUT2D eigenvalue weighted by atomic mass is 10.2. The second-order valence-corrected chi connectivity index (χ2v) is 13.5. The van der Waals surface area contributed by atoms with E-state index in [1.54, 1.807) is 0 Å². The van der Waals surface area contributed by atoms with Gasteiger partial charge >= 0.3 is 11.4 Å². The number of nitrogens with one attached hydrogen (secondary N) is 3. The minimum atomic E-state index is -0.439. The molecule has 6 rings (SSSR count). The number of likely N-dealkylation sites (N-methyl/N-ethyl adjacent to an activating group) is 1. The van der Waals surface area contributed by atoms with Gasteiger partial charge in [-0.05, 0) is 70.1 Å². The molecule has 2 atom stereocenters. The van der Waals surface area contributed by atoms with Crippen LogP contribution < -0.4 is 57.4 Å². The maximum atomic E-state index is 12.0. The van der Waals surface area contributed by atoms with E-state index in [0.717, 1.165) is 86.8 Å². The van der Waals surface area contributed by atoms with Gasteiger partial charge < -0.3 is 39.8 Å². The molecule has 0 saturated carbocycles. The fourth-order valence-corrected chi connectivity index (χ4v) is 5.93. The quantitative estimate of drug-likeness (QED) is 0.134. The van der Waals surface area contributed by atoms with Crippen molar-refractivity contribution in [2.75, 3.05) is 70.2 Å². The van der Waals surface area contributed by atoms with Gasteiger partial charge in [0.15, 0.2) is 23.0 Å². The van der Waals surface area contributed by atoms with Gasteiger partial charge in [-0.3, -0.25) is 18.7 Å². The average molecular weight is 765 g/mol. The molecule has 18 heteroatoms. The number of benzene rings is 2. The van der Waals surface area contributed by atoms with E-state index in [1.165, 1.54) is 28.2 Å². The Labute approximate surface area is 318 Å². The number of nitrogens with zero attached hydrogens (tertiary/aromatic N) is 7. The zero-order valence-corrected chi connectivity index (χ0v) is 32.2. The van der Waals surface area contributed by atoms with Gasteiger partial charge in [0.2, 0.25) is 11.6 Å². The summed E-state index contributed by atoms with van der Waals surface area (Å²) < 4.78 is 27.7. The second kappa shape index (κ2) is 19.6. The molecule has 18 nitrogen and oxygen atoms in total. The maximum absolute atomic E-state index is 12.0. The van der Waals surface area contributed by atoms with Crippen molar-refractivity contribution < 1.29 is 18.9 Å². The van der Waals surface area contributed by atoms with Crippen LogP contribution in [-0.2, 0) is 28.2 Å². The van der Waals surface area contributed by atoms with Crippen LogP contribution in [0.3, 0.4) is 0 Å². The van der Waals surface area contributed by atoms with E-state index in [9.17, 15) is 19.2 Å². The van der Waals surface area contributed by atoms with Crippen molar-refractivity contribution in [1.29, 1.82) is 0 Å². The first-order chi connectivity index (χ1) is 26.5. The molecule has 0 saturated heterocycles. The van der Waals surface area contributed by atoms with Gasteiger partial charge in [-0.15, -0.1) is 10.2 Å². The molecule has 0 spiro atoms. The molecule has 4 aromatic rings. The largest absolute Gasteiger partial charge is 0.486 e. The van der Waals surface area contributed by atoms with E-state index < -0.39 is 22.5 Å². The Hall–Kier alpha value is -5.62. The summed E-state index contributed by atoms with van der Waals surface area (Å²) in [5.74, 6) is 3.56. The summed E-state index contributed by atoms with van der Waals surface area (Å²) in [7, 11) is 7.99. The third-order valence-electron chi connectivity index (χ3n) is 9.00. The van der Waals surface area contributed by atoms with Gasteiger partial charge in [-0.1, -0.05) is 24.3 Å². The third-order valence-corrected chi connectivity index (χ3v) is 9.00. The zero-order chi connectivity index (χ0) is 39.3. The first kappa shape index (κ1) is 40.6. The summed E-state index contributed by atoms with van der Waals surface area (Å²) in [6.45, 7) is 5.54. The highest BCUT2D eigenvalue weighted by Crippen LogP contribution is 2.31. The molecule has 0 radical (unpaired) electrons. The van der Waals surface area contributed by atoms with Gasteiger partial charge in [0.1, 0.15) is 25.4 Å². The third kappa shape index (κ3) is 11.2. The van der Waals surface area contributed by atoms with Crippen LogP contribution in [0.1, 0.15) is 25.7 Å². The molecule has 2 unspecified atom stereocenters. The molecule has 2 aromatic heterocycles. The molecule has 0 aliphatic carbocycles. The minimum Gasteiger partial charge on any atom is -0.486 e. The van der Waals surface area contributed by atoms with Crippen molar-refractivity contribution in [3.63, 3.8) is 0 Å². The maximum Gasteiger partial charge on any atom is 0.346 e. The predicted octanol–water partition coefficient (Wildman–Crippen LogP) is 0.544. The Kier molecular flexibility index (Phi) is 14.5. The molecule has 2 aliphatic rings. The molecule has 298 valence electrons. The fourth-order valence-electron chi connectivity index (χ4n) is 5.93. The summed E-state index contributed by atoms with van der Waals surface area (Å²) in [6.07, 6.45) is 3.64. The monoisotopic (exact) mass is 764 g/mol. The Bertz CT molecular complexity index is 2110. The standard InChI is InChI=1S/C19H27N5O4.C18H25N5O4/c1-22(12-14-13-27-15-8-4-5-9-16(15)28-14)11-7-6-10-20-17-18(25)23(2)19(26)24(3)21-17;1-22-17(24)16(21-23(2)18(22)25)20-10-6-5-9-19-11-13-12-26-14-7-3-4-8-15(14)27-13/h4-5,8-9,14H,6-7,10-13H2,1-3H3,(H,20,21);3-4,7-8,13,19H,5-6,9-12H2,1-2H3,(H,20,21). The molecule has 0 amide bonds. The summed E-state index contributed by atoms with van der Waals surface area (Å²) in [4.78, 5) is 49.4. The van der Waals surface area contributed by atoms with Crippen LogP contribution >= 0.6 is 0 Å². The van der Waals surface area contributed by atoms with Crippen LogP contribution in [0.15, 0.2) is 67.7 Å². The van der Waals surface area contributed by atoms with E-state index in [1.807, 2.05) is 48.5 Å². The van der Waals surface area contributed by atoms with Crippen LogP contribution in [-0.4, -0.2) is 105 Å². The number of aromatic nitrogens is 6. The topological polar surface area (TPSA) is 190 Å². The number of anilines is 2. The Balaban J connectivity index is 0.000000211. The number of hydrogen-bond acceptors (Lipinski definition) is 14. The van der Waals surface area contributed by atoms with E-state index in [0.29, 0.717) is 32.8 Å². The number of rotatable bonds is 16. The van der Waals surface area contributed by atoms with Crippen molar-refractivity contribution in [2.45, 2.75) is 37.9 Å². The molecule has 2 aromatic carbocycles. The van der Waals surface area contributed by atoms with Gasteiger partial charge in [-0.25, -0.2) is 19.0 Å². The SMILES string of the molecule is CN(CCCCNc1nn(C)c(=O)n(C)c1=O)CC1COc2ccccc2O1.Cn1nc(NCCCCNCC2COc3ccccc3O2)c(=O)n(C)c1=O. The van der Waals surface area contributed by atoms with E-state index in [4.69, 9.17) is 18.9 Å². The lowest BCUT2D eigenvalue weighted by Crippen LogP contribution is -2.40. The molecule has 55 heavy (non-hydrogen) atoms. The number of ether oxygens (including phenoxy) is 4. The van der Waals surface area contributed by atoms with E-state index in [-0.39, 0.29) is 23.8 Å². The molecule has 3 N–H and O–H groups in total. The van der Waals surface area contributed by atoms with Crippen molar-refractivity contribution in [3.8, 4) is 23.0 Å². The molecule has 0 fully saturated rings. The summed E-state index contributed by atoms with van der Waals surface area (Å²) >= 11 is 0. The highest BCUT2D eigenvalue weighted by Gasteiger charge is 2.22. The molecule has 0 bridgehead atoms. The van der Waals surface area contributed by atoms with Crippen LogP contribution in [0.25, 0.3) is 0 Å². The zero-order valence-electron chi connectivity index (χ0n) is 32.2. The van der Waals surface area contributed by atoms with Crippen molar-refractivity contribution >= 4 is 11.6 Å². The average Bonchev–Trinajstić information content (AvgIpc) is 3.19. The van der Waals surface area contributed by atoms with Gasteiger partial charge in [0, 0.05) is 54.4 Å². The first-order valence-electron chi connectivity index (χ1n) is 18.4. The molecular weight excluding hydrogens is 712 g/mol. The van der Waals surface area contributed by atoms with Crippen molar-refractivity contribution in [3.05, 3.63) is 90.2 Å². The predicted molar refractivity (Wildman–Crippen MR) is 208 cm³/mol. The van der Waals surface area contributed by atoms with E-state index in [2.05, 4.69) is 38.1 Å². The minimum absolute atomic E-state index is 0.00384. The number of unbranched alkanes of at least 4 members (excludes halogenated alkanes) is 2. The van der Waals surface area contributed by atoms with Crippen LogP contribution in [0.5, 0.6) is 23.0 Å². The van der Waals surface area contributed by atoms with E-state index >= 15 is 0 Å². The summed E-state index contributed by atoms with van der Waals surface area (Å²) in [6, 6.07) is 15.4. The normalized spacial score (nSPS) is 15.6. The molecule has 4 heterocycles. The number of aryl methyl sites for hydroxylation is 2. The second-order valence-electron chi connectivity index (χ2n) is 13.5. The number of hydrogen-bond donors (Lipinski definition) is 3. The van der Waals surface area contributed by atoms with Crippen LogP contribution in [0.4, 0.5) is 11.6 Å². The van der Waals surface area contributed by atoms with Crippen molar-refractivity contribution in [2.24, 2.45) is 28.2 Å². The molecular formula is C37H52N10O8. The number of para-hydroxylation sites is 4. The summed E-state index contributed by atoms with van der Waals surface area (Å²) in [5, 5.41) is 17.3. The van der Waals surface area contributed by atoms with Crippen LogP contribution in [0.2, 0.25) is 0 Å². The Morgan fingerprint density at radius 3 is 1.65 bits per heavy atom. The first-order valence-corrected chi connectivity index (χ1v) is 18.4. The van der Waals surface area contributed by atoms with Crippen molar-refractivity contribution in [1.82, 2.24) is 38.9 Å². The Morgan fingerprint density at radius 1 is 0.655 bits per heavy atom. The van der Waals surface area contributed by atoms with Gasteiger partial charge in [0.05, 0.1) is 0 Å². The smallest absolute Gasteiger partial charge is 0.346 e. The van der Waals surface area contributed by atoms with Crippen LogP contribution in [0, 0.1) is 0 Å². The Morgan fingerprint density at radius 2 is 1.11 bits per heavy atom. The highest BCUT2D eigenvalue weighted by atomic mass is 16.6. The fraction of sp³-hybridized carbons (Fsp3) is 0.514. The number of fused-ring (bicyclic) bond motifs is 2. The van der Waals surface area contributed by atoms with Gasteiger partial charge in [-0.2, -0.15) is 0 Å². The lowest BCUT2D eigenvalue weighted by molar-refractivity contribution is 0.0652.